The van der Waals surface area contributed by atoms with Crippen LogP contribution >= 0.6 is 0 Å². The molecule has 11 heteroatoms. The number of ether oxygens (including phenoxy) is 1. The average Bonchev–Trinajstić information content (AvgIpc) is 3.22. The van der Waals surface area contributed by atoms with Crippen LogP contribution in [0.2, 0.25) is 0 Å². The lowest BCUT2D eigenvalue weighted by atomic mass is 10.0. The number of nitrogens with zero attached hydrogens (tertiary/aromatic N) is 4. The van der Waals surface area contributed by atoms with E-state index in [9.17, 15) is 23.3 Å². The van der Waals surface area contributed by atoms with Crippen molar-refractivity contribution in [1.29, 1.82) is 0 Å². The minimum atomic E-state index is -4.40. The zero-order valence-electron chi connectivity index (χ0n) is 18.5. The first-order valence-corrected chi connectivity index (χ1v) is 10.0. The van der Waals surface area contributed by atoms with E-state index in [0.29, 0.717) is 29.1 Å². The van der Waals surface area contributed by atoms with E-state index in [2.05, 4.69) is 10.2 Å². The van der Waals surface area contributed by atoms with Crippen LogP contribution in [0.1, 0.15) is 35.5 Å². The highest BCUT2D eigenvalue weighted by molar-refractivity contribution is 5.55. The Labute approximate surface area is 188 Å². The number of nitro groups is 1. The highest BCUT2D eigenvalue weighted by Crippen LogP contribution is 2.29. The lowest BCUT2D eigenvalue weighted by Gasteiger charge is -2.23. The van der Waals surface area contributed by atoms with Crippen LogP contribution in [0.15, 0.2) is 40.8 Å². The van der Waals surface area contributed by atoms with Crippen LogP contribution < -0.4 is 4.74 Å². The molecule has 1 heterocycles. The van der Waals surface area contributed by atoms with E-state index in [1.165, 1.54) is 24.3 Å². The van der Waals surface area contributed by atoms with E-state index < -0.39 is 17.7 Å². The van der Waals surface area contributed by atoms with Gasteiger partial charge in [0, 0.05) is 24.2 Å². The first-order valence-electron chi connectivity index (χ1n) is 10.0. The van der Waals surface area contributed by atoms with Gasteiger partial charge in [-0.2, -0.15) is 13.2 Å². The van der Waals surface area contributed by atoms with Crippen LogP contribution in [-0.2, 0) is 6.54 Å². The summed E-state index contributed by atoms with van der Waals surface area (Å²) in [7, 11) is 1.86. The van der Waals surface area contributed by atoms with Crippen molar-refractivity contribution in [2.75, 3.05) is 13.7 Å². The molecule has 0 radical (unpaired) electrons. The van der Waals surface area contributed by atoms with Crippen LogP contribution in [-0.4, -0.2) is 39.9 Å². The zero-order valence-corrected chi connectivity index (χ0v) is 18.5. The molecule has 1 unspecified atom stereocenters. The number of nitro benzene ring substituents is 1. The summed E-state index contributed by atoms with van der Waals surface area (Å²) in [5.74, 6) is 0.846. The standard InChI is InChI=1S/C22H23F3N4O4/c1-13-9-16(10-14(2)19(13)32-12-22(23,24)25)11-28(4)15(3)20-26-27-21(33-20)17-5-7-18(8-6-17)29(30)31/h5-10,15H,11-12H2,1-4H3. The molecule has 3 rings (SSSR count). The Balaban J connectivity index is 1.69. The molecular weight excluding hydrogens is 441 g/mol. The van der Waals surface area contributed by atoms with E-state index in [-0.39, 0.29) is 23.4 Å². The van der Waals surface area contributed by atoms with Gasteiger partial charge in [0.25, 0.3) is 5.69 Å². The second kappa shape index (κ2) is 9.57. The second-order valence-electron chi connectivity index (χ2n) is 7.80. The summed E-state index contributed by atoms with van der Waals surface area (Å²) in [6, 6.07) is 9.13. The van der Waals surface area contributed by atoms with Crippen molar-refractivity contribution in [3.05, 3.63) is 69.1 Å². The topological polar surface area (TPSA) is 94.5 Å². The Hall–Kier alpha value is -3.47. The molecule has 3 aromatic rings. The number of halogens is 3. The third kappa shape index (κ3) is 6.07. The maximum absolute atomic E-state index is 12.5. The summed E-state index contributed by atoms with van der Waals surface area (Å²) in [5, 5.41) is 18.9. The molecule has 0 aliphatic carbocycles. The number of hydrogen-bond acceptors (Lipinski definition) is 7. The number of aryl methyl sites for hydroxylation is 2. The summed E-state index contributed by atoms with van der Waals surface area (Å²) >= 11 is 0. The van der Waals surface area contributed by atoms with Crippen molar-refractivity contribution in [2.45, 2.75) is 39.5 Å². The largest absolute Gasteiger partial charge is 0.484 e. The highest BCUT2D eigenvalue weighted by atomic mass is 19.4. The van der Waals surface area contributed by atoms with Crippen LogP contribution in [0.25, 0.3) is 11.5 Å². The van der Waals surface area contributed by atoms with Crippen LogP contribution in [0.4, 0.5) is 18.9 Å². The van der Waals surface area contributed by atoms with E-state index >= 15 is 0 Å². The Bertz CT molecular complexity index is 1110. The Morgan fingerprint density at radius 3 is 2.30 bits per heavy atom. The number of rotatable bonds is 8. The smallest absolute Gasteiger partial charge is 0.422 e. The van der Waals surface area contributed by atoms with E-state index in [1.54, 1.807) is 26.0 Å². The monoisotopic (exact) mass is 464 g/mol. The molecule has 0 aliphatic heterocycles. The lowest BCUT2D eigenvalue weighted by Crippen LogP contribution is -2.22. The summed E-state index contributed by atoms with van der Waals surface area (Å²) < 4.78 is 48.2. The van der Waals surface area contributed by atoms with Gasteiger partial charge in [-0.1, -0.05) is 12.1 Å². The fourth-order valence-electron chi connectivity index (χ4n) is 3.37. The van der Waals surface area contributed by atoms with Crippen LogP contribution in [0, 0.1) is 24.0 Å². The molecule has 0 spiro atoms. The van der Waals surface area contributed by atoms with Crippen molar-refractivity contribution >= 4 is 5.69 Å². The number of aromatic nitrogens is 2. The van der Waals surface area contributed by atoms with Gasteiger partial charge >= 0.3 is 6.18 Å². The third-order valence-electron chi connectivity index (χ3n) is 5.12. The van der Waals surface area contributed by atoms with Gasteiger partial charge in [0.2, 0.25) is 11.8 Å². The van der Waals surface area contributed by atoms with Gasteiger partial charge in [-0.05, 0) is 56.6 Å². The fourth-order valence-corrected chi connectivity index (χ4v) is 3.37. The molecule has 0 amide bonds. The van der Waals surface area contributed by atoms with E-state index in [0.717, 1.165) is 5.56 Å². The number of hydrogen-bond donors (Lipinski definition) is 0. The second-order valence-corrected chi connectivity index (χ2v) is 7.80. The molecule has 1 aromatic heterocycles. The van der Waals surface area contributed by atoms with Crippen molar-refractivity contribution in [3.63, 3.8) is 0 Å². The molecule has 8 nitrogen and oxygen atoms in total. The molecule has 0 saturated heterocycles. The van der Waals surface area contributed by atoms with Crippen LogP contribution in [0.3, 0.4) is 0 Å². The van der Waals surface area contributed by atoms with Gasteiger partial charge in [-0.25, -0.2) is 0 Å². The molecular formula is C22H23F3N4O4. The van der Waals surface area contributed by atoms with Gasteiger partial charge in [-0.3, -0.25) is 15.0 Å². The number of alkyl halides is 3. The normalized spacial score (nSPS) is 12.7. The maximum Gasteiger partial charge on any atom is 0.422 e. The molecule has 0 fully saturated rings. The minimum absolute atomic E-state index is 0.0352. The van der Waals surface area contributed by atoms with Crippen molar-refractivity contribution < 1.29 is 27.2 Å². The third-order valence-corrected chi connectivity index (χ3v) is 5.12. The molecule has 176 valence electrons. The van der Waals surface area contributed by atoms with Crippen molar-refractivity contribution in [1.82, 2.24) is 15.1 Å². The quantitative estimate of drug-likeness (QED) is 0.326. The Morgan fingerprint density at radius 1 is 1.15 bits per heavy atom. The lowest BCUT2D eigenvalue weighted by molar-refractivity contribution is -0.384. The zero-order chi connectivity index (χ0) is 24.3. The maximum atomic E-state index is 12.5. The summed E-state index contributed by atoms with van der Waals surface area (Å²) in [4.78, 5) is 12.3. The first kappa shape index (κ1) is 24.2. The minimum Gasteiger partial charge on any atom is -0.484 e. The number of non-ortho nitro benzene ring substituents is 1. The van der Waals surface area contributed by atoms with Gasteiger partial charge in [0.15, 0.2) is 6.61 Å². The van der Waals surface area contributed by atoms with E-state index in [4.69, 9.17) is 9.15 Å². The summed E-state index contributed by atoms with van der Waals surface area (Å²) in [6.45, 7) is 4.45. The van der Waals surface area contributed by atoms with Gasteiger partial charge < -0.3 is 9.15 Å². The predicted molar refractivity (Wildman–Crippen MR) is 114 cm³/mol. The highest BCUT2D eigenvalue weighted by Gasteiger charge is 2.29. The van der Waals surface area contributed by atoms with Crippen LogP contribution in [0.5, 0.6) is 5.75 Å². The molecule has 0 N–H and O–H groups in total. The van der Waals surface area contributed by atoms with Gasteiger partial charge in [0.05, 0.1) is 11.0 Å². The first-order chi connectivity index (χ1) is 15.4. The average molecular weight is 464 g/mol. The Morgan fingerprint density at radius 2 is 1.76 bits per heavy atom. The molecule has 0 aliphatic rings. The predicted octanol–water partition coefficient (Wildman–Crippen LogP) is 5.40. The van der Waals surface area contributed by atoms with Gasteiger partial charge in [-0.15, -0.1) is 10.2 Å². The molecule has 0 bridgehead atoms. The fraction of sp³-hybridized carbons (Fsp3) is 0.364. The van der Waals surface area contributed by atoms with Crippen molar-refractivity contribution in [3.8, 4) is 17.2 Å². The molecule has 2 aromatic carbocycles. The SMILES string of the molecule is Cc1cc(CN(C)C(C)c2nnc(-c3ccc([N+](=O)[O-])cc3)o2)cc(C)c1OCC(F)(F)F. The summed E-state index contributed by atoms with van der Waals surface area (Å²) in [6.07, 6.45) is -4.40. The molecule has 0 saturated carbocycles. The number of benzene rings is 2. The molecule has 1 atom stereocenters. The molecule has 33 heavy (non-hydrogen) atoms. The van der Waals surface area contributed by atoms with E-state index in [1.807, 2.05) is 18.9 Å². The Kier molecular flexibility index (Phi) is 7.01. The van der Waals surface area contributed by atoms with Gasteiger partial charge in [0.1, 0.15) is 5.75 Å². The van der Waals surface area contributed by atoms with Crippen molar-refractivity contribution in [2.24, 2.45) is 0 Å². The summed E-state index contributed by atoms with van der Waals surface area (Å²) in [5.41, 5.74) is 2.66.